The molecular weight excluding hydrogens is 957 g/mol. The summed E-state index contributed by atoms with van der Waals surface area (Å²) in [6, 6.07) is 85.8. The van der Waals surface area contributed by atoms with Crippen LogP contribution in [0, 0.1) is 0 Å². The van der Waals surface area contributed by atoms with Crippen molar-refractivity contribution in [2.75, 3.05) is 9.80 Å². The van der Waals surface area contributed by atoms with E-state index in [0.717, 1.165) is 88.7 Å². The van der Waals surface area contributed by atoms with Gasteiger partial charge in [-0.15, -0.1) is 0 Å². The van der Waals surface area contributed by atoms with Gasteiger partial charge in [-0.25, -0.2) is 0 Å². The van der Waals surface area contributed by atoms with Gasteiger partial charge in [-0.3, -0.25) is 19.2 Å². The summed E-state index contributed by atoms with van der Waals surface area (Å²) in [6.45, 7) is 0. The number of Topliss-reactive ketones (excluding diaryl/α,β-unsaturated/α-hetero) is 4. The van der Waals surface area contributed by atoms with Gasteiger partial charge < -0.3 is 9.80 Å². The van der Waals surface area contributed by atoms with Crippen LogP contribution in [0.2, 0.25) is 0 Å². The molecule has 0 aliphatic heterocycles. The number of rotatable bonds is 9. The number of nitrogens with zero attached hydrogens (tertiary/aromatic N) is 2. The molecule has 0 aromatic heterocycles. The molecule has 0 atom stereocenters. The van der Waals surface area contributed by atoms with Crippen molar-refractivity contribution in [2.45, 2.75) is 0 Å². The third-order valence-corrected chi connectivity index (χ3v) is 15.3. The van der Waals surface area contributed by atoms with Crippen molar-refractivity contribution < 1.29 is 19.2 Å². The lowest BCUT2D eigenvalue weighted by atomic mass is 9.98. The van der Waals surface area contributed by atoms with E-state index in [2.05, 4.69) is 168 Å². The first-order valence-corrected chi connectivity index (χ1v) is 26.0. The summed E-state index contributed by atoms with van der Waals surface area (Å²) in [4.78, 5) is 57.9. The molecule has 12 aromatic rings. The Labute approximate surface area is 449 Å². The van der Waals surface area contributed by atoms with Gasteiger partial charge in [0, 0.05) is 55.8 Å². The van der Waals surface area contributed by atoms with E-state index in [9.17, 15) is 19.2 Å². The van der Waals surface area contributed by atoms with Crippen molar-refractivity contribution in [3.05, 3.63) is 299 Å². The number of ketones is 4. The molecule has 0 unspecified atom stereocenters. The minimum absolute atomic E-state index is 0.174. The number of anilines is 6. The Kier molecular flexibility index (Phi) is 11.0. The molecule has 78 heavy (non-hydrogen) atoms. The van der Waals surface area contributed by atoms with Crippen LogP contribution >= 0.6 is 0 Å². The first-order chi connectivity index (χ1) is 38.3. The molecule has 0 fully saturated rings. The maximum absolute atomic E-state index is 13.3. The quantitative estimate of drug-likeness (QED) is 0.0815. The van der Waals surface area contributed by atoms with Crippen molar-refractivity contribution in [2.24, 2.45) is 0 Å². The molecule has 0 amide bonds. The van der Waals surface area contributed by atoms with Gasteiger partial charge in [-0.2, -0.15) is 0 Å². The van der Waals surface area contributed by atoms with Crippen LogP contribution in [0.25, 0.3) is 66.4 Å². The average Bonchev–Trinajstić information content (AvgIpc) is 3.90. The monoisotopic (exact) mass is 1000 g/mol. The molecule has 0 radical (unpaired) electrons. The molecule has 0 bridgehead atoms. The van der Waals surface area contributed by atoms with E-state index >= 15 is 0 Å². The van der Waals surface area contributed by atoms with Gasteiger partial charge >= 0.3 is 0 Å². The molecule has 0 saturated carbocycles. The Morgan fingerprint density at radius 3 is 0.859 bits per heavy atom. The van der Waals surface area contributed by atoms with Gasteiger partial charge in [-0.1, -0.05) is 194 Å². The predicted molar refractivity (Wildman–Crippen MR) is 317 cm³/mol. The van der Waals surface area contributed by atoms with Gasteiger partial charge in [0.15, 0.2) is 23.1 Å². The molecule has 2 aliphatic rings. The van der Waals surface area contributed by atoms with Gasteiger partial charge in [0.05, 0.1) is 22.5 Å². The summed E-state index contributed by atoms with van der Waals surface area (Å²) in [5.74, 6) is -0.999. The first kappa shape index (κ1) is 46.0. The summed E-state index contributed by atoms with van der Waals surface area (Å²) >= 11 is 0. The number of fused-ring (bicyclic) bond motifs is 8. The van der Waals surface area contributed by atoms with E-state index in [4.69, 9.17) is 0 Å². The Hall–Kier alpha value is -10.6. The molecule has 0 spiro atoms. The Bertz CT molecular complexity index is 4180. The van der Waals surface area contributed by atoms with E-state index in [0.29, 0.717) is 22.3 Å². The molecule has 0 N–H and O–H groups in total. The Morgan fingerprint density at radius 2 is 0.526 bits per heavy atom. The van der Waals surface area contributed by atoms with E-state index in [-0.39, 0.29) is 34.3 Å². The highest BCUT2D eigenvalue weighted by Crippen LogP contribution is 2.45. The van der Waals surface area contributed by atoms with Crippen molar-refractivity contribution in [3.63, 3.8) is 0 Å². The van der Waals surface area contributed by atoms with Crippen molar-refractivity contribution in [1.82, 2.24) is 0 Å². The van der Waals surface area contributed by atoms with Gasteiger partial charge in [0.25, 0.3) is 0 Å². The fourth-order valence-electron chi connectivity index (χ4n) is 11.5. The zero-order valence-corrected chi connectivity index (χ0v) is 41.9. The van der Waals surface area contributed by atoms with Crippen LogP contribution in [0.4, 0.5) is 34.1 Å². The number of carbonyl (C=O) groups excluding carboxylic acids is 4. The number of allylic oxidation sites excluding steroid dienone is 2. The zero-order valence-electron chi connectivity index (χ0n) is 41.9. The lowest BCUT2D eigenvalue weighted by molar-refractivity contribution is 0.0975. The summed E-state index contributed by atoms with van der Waals surface area (Å²) in [7, 11) is 0. The Morgan fingerprint density at radius 1 is 0.256 bits per heavy atom. The van der Waals surface area contributed by atoms with Crippen LogP contribution in [0.5, 0.6) is 0 Å². The van der Waals surface area contributed by atoms with Crippen LogP contribution in [0.15, 0.2) is 266 Å². The summed E-state index contributed by atoms with van der Waals surface area (Å²) < 4.78 is 0. The van der Waals surface area contributed by atoms with Crippen molar-refractivity contribution >= 4 is 112 Å². The SMILES string of the molecule is O=C1C(=Cc2ccc(N(c3ccc(-c4ccc(N(c5ccc(C=C6C(=O)c7ccccc7C6=O)cc5)c5cc6ccccc6c6ccccc56)cc4)cc3)c3cc4ccccc4c4ccccc34)cc2)C(=O)c2ccccc21. The predicted octanol–water partition coefficient (Wildman–Crippen LogP) is 17.8. The van der Waals surface area contributed by atoms with Gasteiger partial charge in [0.2, 0.25) is 0 Å². The number of hydrogen-bond acceptors (Lipinski definition) is 6. The summed E-state index contributed by atoms with van der Waals surface area (Å²) in [6.07, 6.45) is 3.40. The van der Waals surface area contributed by atoms with E-state index in [1.54, 1.807) is 60.7 Å². The molecule has 12 aromatic carbocycles. The minimum atomic E-state index is -0.250. The topological polar surface area (TPSA) is 74.8 Å². The van der Waals surface area contributed by atoms with Crippen molar-refractivity contribution in [1.29, 1.82) is 0 Å². The fourth-order valence-corrected chi connectivity index (χ4v) is 11.5. The normalized spacial score (nSPS) is 12.9. The lowest BCUT2D eigenvalue weighted by Crippen LogP contribution is -2.11. The second-order valence-electron chi connectivity index (χ2n) is 19.8. The number of hydrogen-bond donors (Lipinski definition) is 0. The Balaban J connectivity index is 0.832. The van der Waals surface area contributed by atoms with Crippen LogP contribution in [0.1, 0.15) is 52.6 Å². The molecule has 2 aliphatic carbocycles. The van der Waals surface area contributed by atoms with Crippen LogP contribution in [-0.4, -0.2) is 23.1 Å². The maximum atomic E-state index is 13.3. The molecule has 0 saturated heterocycles. The van der Waals surface area contributed by atoms with E-state index < -0.39 is 0 Å². The number of carbonyl (C=O) groups is 4. The van der Waals surface area contributed by atoms with Gasteiger partial charge in [0.1, 0.15) is 0 Å². The average molecular weight is 1000 g/mol. The smallest absolute Gasteiger partial charge is 0.197 e. The highest BCUT2D eigenvalue weighted by molar-refractivity contribution is 6.42. The minimum Gasteiger partial charge on any atom is -0.310 e. The summed E-state index contributed by atoms with van der Waals surface area (Å²) in [5.41, 5.74) is 11.5. The number of benzene rings is 12. The standard InChI is InChI=1S/C72H44N2O4/c75-69-61-21-9-10-22-62(61)70(76)65(69)41-45-25-33-51(34-26-45)73(67-43-49-13-1-3-15-55(49)57-17-5-7-19-59(57)67)53-37-29-47(30-38-53)48-31-39-54(40-32-48)74(68-44-50-14-2-4-16-56(50)58-18-6-8-20-60(58)68)52-35-27-46(28-36-52)42-66-71(77)63-23-11-12-24-64(63)72(66)78/h1-44H. The second kappa shape index (κ2) is 18.7. The summed E-state index contributed by atoms with van der Waals surface area (Å²) in [5, 5.41) is 9.08. The maximum Gasteiger partial charge on any atom is 0.197 e. The zero-order chi connectivity index (χ0) is 52.4. The molecule has 0 heterocycles. The molecule has 6 nitrogen and oxygen atoms in total. The third-order valence-electron chi connectivity index (χ3n) is 15.3. The largest absolute Gasteiger partial charge is 0.310 e. The third kappa shape index (κ3) is 7.73. The molecule has 366 valence electrons. The van der Waals surface area contributed by atoms with Gasteiger partial charge in [-0.05, 0) is 127 Å². The lowest BCUT2D eigenvalue weighted by Gasteiger charge is -2.28. The van der Waals surface area contributed by atoms with Crippen LogP contribution < -0.4 is 9.80 Å². The van der Waals surface area contributed by atoms with E-state index in [1.807, 2.05) is 48.5 Å². The van der Waals surface area contributed by atoms with Crippen molar-refractivity contribution in [3.8, 4) is 11.1 Å². The molecule has 14 rings (SSSR count). The molecular formula is C72H44N2O4. The van der Waals surface area contributed by atoms with Crippen LogP contribution in [0.3, 0.4) is 0 Å². The van der Waals surface area contributed by atoms with E-state index in [1.165, 1.54) is 10.8 Å². The highest BCUT2D eigenvalue weighted by Gasteiger charge is 2.34. The first-order valence-electron chi connectivity index (χ1n) is 26.0. The van der Waals surface area contributed by atoms with Crippen LogP contribution in [-0.2, 0) is 0 Å². The fraction of sp³-hybridized carbons (Fsp3) is 0. The highest BCUT2D eigenvalue weighted by atomic mass is 16.2. The second-order valence-corrected chi connectivity index (χ2v) is 19.8. The molecule has 6 heteroatoms.